The summed E-state index contributed by atoms with van der Waals surface area (Å²) in [6.45, 7) is 5.90. The predicted molar refractivity (Wildman–Crippen MR) is 118 cm³/mol. The van der Waals surface area contributed by atoms with Gasteiger partial charge in [-0.05, 0) is 54.9 Å². The van der Waals surface area contributed by atoms with Crippen LogP contribution in [-0.4, -0.2) is 35.6 Å². The Morgan fingerprint density at radius 1 is 1.13 bits per heavy atom. The second-order valence-electron chi connectivity index (χ2n) is 9.21. The van der Waals surface area contributed by atoms with Crippen LogP contribution in [0.1, 0.15) is 56.3 Å². The van der Waals surface area contributed by atoms with Gasteiger partial charge < -0.3 is 14.2 Å². The molecule has 5 heteroatoms. The quantitative estimate of drug-likeness (QED) is 0.725. The van der Waals surface area contributed by atoms with Crippen LogP contribution < -0.4 is 10.3 Å². The Labute approximate surface area is 178 Å². The molecule has 0 radical (unpaired) electrons. The van der Waals surface area contributed by atoms with Crippen LogP contribution >= 0.6 is 0 Å². The summed E-state index contributed by atoms with van der Waals surface area (Å²) in [7, 11) is 1.64. The Bertz CT molecular complexity index is 948. The third kappa shape index (κ3) is 4.16. The number of amides is 1. The summed E-state index contributed by atoms with van der Waals surface area (Å²) in [5, 5.41) is 0. The van der Waals surface area contributed by atoms with Crippen molar-refractivity contribution >= 4 is 5.91 Å². The third-order valence-electron chi connectivity index (χ3n) is 6.71. The highest BCUT2D eigenvalue weighted by atomic mass is 16.5. The third-order valence-corrected chi connectivity index (χ3v) is 6.71. The van der Waals surface area contributed by atoms with Gasteiger partial charge in [0, 0.05) is 36.8 Å². The summed E-state index contributed by atoms with van der Waals surface area (Å²) < 4.78 is 7.26. The van der Waals surface area contributed by atoms with E-state index in [1.165, 1.54) is 0 Å². The number of benzene rings is 1. The molecular formula is C25H32N2O3. The van der Waals surface area contributed by atoms with Gasteiger partial charge in [0.15, 0.2) is 0 Å². The van der Waals surface area contributed by atoms with E-state index in [9.17, 15) is 9.59 Å². The van der Waals surface area contributed by atoms with Crippen molar-refractivity contribution in [2.24, 2.45) is 11.8 Å². The van der Waals surface area contributed by atoms with Crippen molar-refractivity contribution in [3.8, 4) is 5.75 Å². The van der Waals surface area contributed by atoms with Gasteiger partial charge >= 0.3 is 0 Å². The first-order valence-electron chi connectivity index (χ1n) is 11.1. The lowest BCUT2D eigenvalue weighted by molar-refractivity contribution is -0.133. The summed E-state index contributed by atoms with van der Waals surface area (Å²) >= 11 is 0. The van der Waals surface area contributed by atoms with Gasteiger partial charge in [0.05, 0.1) is 13.5 Å². The number of carbonyl (C=O) groups is 1. The standard InChI is InChI=1S/C25H32N2O3/c1-17(2)7-12-23-20-14-19(22-5-4-6-24(28)27(22)23)15-26(16-20)25(29)13-18-8-10-21(30-3)11-9-18/h4-6,8-11,17,19-20,23H,7,12-16H2,1-3H3/t19-,20+,23+/m1/s1. The molecule has 1 fully saturated rings. The number of methoxy groups -OCH3 is 1. The van der Waals surface area contributed by atoms with Gasteiger partial charge in [0.2, 0.25) is 5.91 Å². The summed E-state index contributed by atoms with van der Waals surface area (Å²) in [6.07, 6.45) is 3.55. The average Bonchev–Trinajstić information content (AvgIpc) is 2.74. The first kappa shape index (κ1) is 20.7. The minimum absolute atomic E-state index is 0.106. The Balaban J connectivity index is 1.55. The molecule has 0 aliphatic carbocycles. The molecule has 5 nitrogen and oxygen atoms in total. The molecule has 1 amide bonds. The molecule has 0 saturated carbocycles. The van der Waals surface area contributed by atoms with E-state index in [1.54, 1.807) is 13.2 Å². The molecule has 3 heterocycles. The summed E-state index contributed by atoms with van der Waals surface area (Å²) in [6, 6.07) is 13.5. The maximum Gasteiger partial charge on any atom is 0.250 e. The van der Waals surface area contributed by atoms with Crippen molar-refractivity contribution in [3.05, 3.63) is 64.1 Å². The van der Waals surface area contributed by atoms with Crippen LogP contribution in [0.3, 0.4) is 0 Å². The maximum absolute atomic E-state index is 13.1. The van der Waals surface area contributed by atoms with Crippen LogP contribution in [0.4, 0.5) is 0 Å². The number of hydrogen-bond donors (Lipinski definition) is 0. The first-order chi connectivity index (χ1) is 14.5. The smallest absolute Gasteiger partial charge is 0.250 e. The van der Waals surface area contributed by atoms with Gasteiger partial charge in [-0.15, -0.1) is 0 Å². The highest BCUT2D eigenvalue weighted by Crippen LogP contribution is 2.43. The molecule has 0 unspecified atom stereocenters. The van der Waals surface area contributed by atoms with E-state index in [2.05, 4.69) is 19.9 Å². The van der Waals surface area contributed by atoms with Gasteiger partial charge in [-0.2, -0.15) is 0 Å². The number of carbonyl (C=O) groups excluding carboxylic acids is 1. The van der Waals surface area contributed by atoms with Crippen LogP contribution in [0.2, 0.25) is 0 Å². The predicted octanol–water partition coefficient (Wildman–Crippen LogP) is 4.02. The second kappa shape index (κ2) is 8.66. The number of likely N-dealkylation sites (tertiary alicyclic amines) is 1. The van der Waals surface area contributed by atoms with Crippen molar-refractivity contribution in [1.29, 1.82) is 0 Å². The van der Waals surface area contributed by atoms with E-state index < -0.39 is 0 Å². The fraction of sp³-hybridized carbons (Fsp3) is 0.520. The van der Waals surface area contributed by atoms with Crippen LogP contribution in [0.25, 0.3) is 0 Å². The van der Waals surface area contributed by atoms with Crippen molar-refractivity contribution in [3.63, 3.8) is 0 Å². The minimum atomic E-state index is 0.106. The molecule has 160 valence electrons. The van der Waals surface area contributed by atoms with Gasteiger partial charge in [-0.25, -0.2) is 0 Å². The number of piperidine rings is 1. The Kier molecular flexibility index (Phi) is 5.98. The van der Waals surface area contributed by atoms with Crippen LogP contribution in [0.15, 0.2) is 47.3 Å². The topological polar surface area (TPSA) is 51.5 Å². The number of nitrogens with zero attached hydrogens (tertiary/aromatic N) is 2. The number of aromatic nitrogens is 1. The first-order valence-corrected chi connectivity index (χ1v) is 11.1. The van der Waals surface area contributed by atoms with E-state index in [4.69, 9.17) is 4.74 Å². The normalized spacial score (nSPS) is 22.7. The molecule has 1 saturated heterocycles. The van der Waals surface area contributed by atoms with Crippen molar-refractivity contribution < 1.29 is 9.53 Å². The molecule has 2 bridgehead atoms. The lowest BCUT2D eigenvalue weighted by Crippen LogP contribution is -2.51. The van der Waals surface area contributed by atoms with Crippen LogP contribution in [-0.2, 0) is 11.2 Å². The van der Waals surface area contributed by atoms with E-state index in [0.29, 0.717) is 24.8 Å². The molecule has 2 aromatic rings. The van der Waals surface area contributed by atoms with E-state index >= 15 is 0 Å². The lowest BCUT2D eigenvalue weighted by Gasteiger charge is -2.47. The number of fused-ring (bicyclic) bond motifs is 4. The molecular weight excluding hydrogens is 376 g/mol. The van der Waals surface area contributed by atoms with E-state index in [-0.39, 0.29) is 23.4 Å². The van der Waals surface area contributed by atoms with Gasteiger partial charge in [0.1, 0.15) is 5.75 Å². The summed E-state index contributed by atoms with van der Waals surface area (Å²) in [5.74, 6) is 2.16. The Morgan fingerprint density at radius 2 is 1.90 bits per heavy atom. The number of pyridine rings is 1. The Morgan fingerprint density at radius 3 is 2.60 bits per heavy atom. The average molecular weight is 409 g/mol. The van der Waals surface area contributed by atoms with Gasteiger partial charge in [0.25, 0.3) is 5.56 Å². The molecule has 3 atom stereocenters. The highest BCUT2D eigenvalue weighted by Gasteiger charge is 2.41. The molecule has 1 aromatic carbocycles. The molecule has 2 aliphatic heterocycles. The second-order valence-corrected chi connectivity index (χ2v) is 9.21. The van der Waals surface area contributed by atoms with Gasteiger partial charge in [-0.1, -0.05) is 32.0 Å². The minimum Gasteiger partial charge on any atom is -0.497 e. The van der Waals surface area contributed by atoms with Crippen molar-refractivity contribution in [2.75, 3.05) is 20.2 Å². The monoisotopic (exact) mass is 408 g/mol. The zero-order chi connectivity index (χ0) is 21.3. The molecule has 30 heavy (non-hydrogen) atoms. The summed E-state index contributed by atoms with van der Waals surface area (Å²) in [5.41, 5.74) is 2.22. The van der Waals surface area contributed by atoms with Crippen LogP contribution in [0, 0.1) is 11.8 Å². The highest BCUT2D eigenvalue weighted by molar-refractivity contribution is 5.79. The number of hydrogen-bond acceptors (Lipinski definition) is 3. The molecule has 0 N–H and O–H groups in total. The van der Waals surface area contributed by atoms with Crippen molar-refractivity contribution in [1.82, 2.24) is 9.47 Å². The molecule has 0 spiro atoms. The summed E-state index contributed by atoms with van der Waals surface area (Å²) in [4.78, 5) is 27.9. The maximum atomic E-state index is 13.1. The zero-order valence-electron chi connectivity index (χ0n) is 18.2. The zero-order valence-corrected chi connectivity index (χ0v) is 18.2. The molecule has 1 aromatic heterocycles. The van der Waals surface area contributed by atoms with E-state index in [0.717, 1.165) is 42.8 Å². The lowest BCUT2D eigenvalue weighted by atomic mass is 9.76. The number of rotatable bonds is 6. The van der Waals surface area contributed by atoms with Crippen molar-refractivity contribution in [2.45, 2.75) is 51.5 Å². The molecule has 4 rings (SSSR count). The fourth-order valence-electron chi connectivity index (χ4n) is 5.15. The van der Waals surface area contributed by atoms with Crippen LogP contribution in [0.5, 0.6) is 5.75 Å². The largest absolute Gasteiger partial charge is 0.497 e. The van der Waals surface area contributed by atoms with Gasteiger partial charge in [-0.3, -0.25) is 9.59 Å². The SMILES string of the molecule is COc1ccc(CC(=O)N2C[C@H]3C[C@@H](C2)[C@H](CCC(C)C)n2c3cccc2=O)cc1. The Hall–Kier alpha value is -2.56. The molecule has 2 aliphatic rings. The van der Waals surface area contributed by atoms with E-state index in [1.807, 2.05) is 39.8 Å². The number of ether oxygens (including phenoxy) is 1. The fourth-order valence-corrected chi connectivity index (χ4v) is 5.15.